The molecule has 232 valence electrons. The van der Waals surface area contributed by atoms with Crippen LogP contribution in [0.1, 0.15) is 27.8 Å². The first-order valence-corrected chi connectivity index (χ1v) is 16.7. The Kier molecular flexibility index (Phi) is 8.03. The normalized spacial score (nSPS) is 23.9. The highest BCUT2D eigenvalue weighted by Crippen LogP contribution is 2.56. The van der Waals surface area contributed by atoms with Crippen molar-refractivity contribution in [2.45, 2.75) is 44.0 Å². The lowest BCUT2D eigenvalue weighted by atomic mass is 9.93. The van der Waals surface area contributed by atoms with E-state index in [9.17, 15) is 0 Å². The standard InChI is InChI=1S/C41H43N5/c1-6-16-35(17-7-1)26-42-31-40-41(32-42,44(28-37-20-10-3-11-21-37)33-43(40)27-36-18-8-2-9-19-36)46(30-39-24-14-5-15-25-39)34-45(40)29-38-22-12-4-13-23-38/h1-25H,26-34H2. The number of rotatable bonds is 10. The molecule has 0 bridgehead atoms. The summed E-state index contributed by atoms with van der Waals surface area (Å²) in [4.78, 5) is 14.0. The Morgan fingerprint density at radius 2 is 0.565 bits per heavy atom. The van der Waals surface area contributed by atoms with E-state index in [0.29, 0.717) is 0 Å². The molecule has 0 N–H and O–H groups in total. The fourth-order valence-electron chi connectivity index (χ4n) is 8.52. The minimum atomic E-state index is -0.211. The Labute approximate surface area is 273 Å². The predicted molar refractivity (Wildman–Crippen MR) is 185 cm³/mol. The van der Waals surface area contributed by atoms with Crippen LogP contribution in [0, 0.1) is 0 Å². The summed E-state index contributed by atoms with van der Waals surface area (Å²) in [6.07, 6.45) is 0. The van der Waals surface area contributed by atoms with E-state index >= 15 is 0 Å². The first-order chi connectivity index (χ1) is 22.7. The van der Waals surface area contributed by atoms with E-state index in [4.69, 9.17) is 0 Å². The molecule has 0 aromatic heterocycles. The molecule has 0 unspecified atom stereocenters. The average molecular weight is 606 g/mol. The number of likely N-dealkylation sites (tertiary alicyclic amines) is 1. The molecule has 0 aliphatic carbocycles. The lowest BCUT2D eigenvalue weighted by Crippen LogP contribution is -2.67. The zero-order chi connectivity index (χ0) is 30.8. The van der Waals surface area contributed by atoms with Gasteiger partial charge >= 0.3 is 0 Å². The van der Waals surface area contributed by atoms with Crippen LogP contribution in [0.15, 0.2) is 152 Å². The van der Waals surface area contributed by atoms with Crippen LogP contribution in [0.2, 0.25) is 0 Å². The van der Waals surface area contributed by atoms with E-state index < -0.39 is 0 Å². The zero-order valence-corrected chi connectivity index (χ0v) is 26.5. The van der Waals surface area contributed by atoms with Crippen molar-refractivity contribution in [3.05, 3.63) is 179 Å². The van der Waals surface area contributed by atoms with Crippen LogP contribution in [0.4, 0.5) is 0 Å². The van der Waals surface area contributed by atoms with Gasteiger partial charge in [0.25, 0.3) is 0 Å². The molecule has 0 saturated carbocycles. The van der Waals surface area contributed by atoms with E-state index in [2.05, 4.69) is 176 Å². The van der Waals surface area contributed by atoms with Crippen LogP contribution in [0.5, 0.6) is 0 Å². The maximum absolute atomic E-state index is 2.82. The molecule has 0 radical (unpaired) electrons. The second-order valence-corrected chi connectivity index (χ2v) is 13.3. The lowest BCUT2D eigenvalue weighted by molar-refractivity contribution is -0.0341. The van der Waals surface area contributed by atoms with Gasteiger partial charge in [0.1, 0.15) is 11.3 Å². The monoisotopic (exact) mass is 605 g/mol. The molecule has 3 fully saturated rings. The molecule has 0 atom stereocenters. The molecule has 8 rings (SSSR count). The summed E-state index contributed by atoms with van der Waals surface area (Å²) in [6.45, 7) is 8.40. The summed E-state index contributed by atoms with van der Waals surface area (Å²) >= 11 is 0. The van der Waals surface area contributed by atoms with Gasteiger partial charge in [0, 0.05) is 45.8 Å². The first-order valence-electron chi connectivity index (χ1n) is 16.7. The van der Waals surface area contributed by atoms with E-state index in [1.807, 2.05) is 0 Å². The largest absolute Gasteiger partial charge is 0.292 e. The van der Waals surface area contributed by atoms with Gasteiger partial charge in [0.05, 0.1) is 13.3 Å². The van der Waals surface area contributed by atoms with Crippen LogP contribution < -0.4 is 0 Å². The van der Waals surface area contributed by atoms with Crippen molar-refractivity contribution in [2.75, 3.05) is 26.4 Å². The Morgan fingerprint density at radius 3 is 0.826 bits per heavy atom. The van der Waals surface area contributed by atoms with Crippen molar-refractivity contribution in [1.29, 1.82) is 0 Å². The van der Waals surface area contributed by atoms with Crippen LogP contribution in [0.25, 0.3) is 0 Å². The SMILES string of the molecule is c1ccc(CN2CC34N(Cc5ccccc5)CN(Cc5ccccc5)C3(C2)N(Cc2ccccc2)CN4Cc2ccccc2)cc1. The Balaban J connectivity index is 1.28. The topological polar surface area (TPSA) is 16.2 Å². The quantitative estimate of drug-likeness (QED) is 0.173. The molecule has 5 aromatic carbocycles. The van der Waals surface area contributed by atoms with E-state index in [0.717, 1.165) is 59.2 Å². The van der Waals surface area contributed by atoms with Gasteiger partial charge in [0.15, 0.2) is 0 Å². The summed E-state index contributed by atoms with van der Waals surface area (Å²) in [5, 5.41) is 0. The molecule has 0 amide bonds. The first kappa shape index (κ1) is 29.3. The van der Waals surface area contributed by atoms with Gasteiger partial charge in [-0.1, -0.05) is 152 Å². The molecule has 5 nitrogen and oxygen atoms in total. The van der Waals surface area contributed by atoms with Gasteiger partial charge < -0.3 is 0 Å². The smallest absolute Gasteiger partial charge is 0.124 e. The van der Waals surface area contributed by atoms with E-state index in [-0.39, 0.29) is 11.3 Å². The third-order valence-corrected chi connectivity index (χ3v) is 10.4. The van der Waals surface area contributed by atoms with Crippen molar-refractivity contribution in [2.24, 2.45) is 0 Å². The molecule has 0 spiro atoms. The lowest BCUT2D eigenvalue weighted by Gasteiger charge is -2.46. The predicted octanol–water partition coefficient (Wildman–Crippen LogP) is 6.85. The van der Waals surface area contributed by atoms with Crippen molar-refractivity contribution >= 4 is 0 Å². The molecule has 5 heteroatoms. The number of hydrogen-bond acceptors (Lipinski definition) is 5. The maximum atomic E-state index is 2.82. The highest BCUT2D eigenvalue weighted by atomic mass is 15.7. The van der Waals surface area contributed by atoms with Crippen LogP contribution in [0.3, 0.4) is 0 Å². The molecule has 3 saturated heterocycles. The molecule has 3 heterocycles. The maximum Gasteiger partial charge on any atom is 0.124 e. The second-order valence-electron chi connectivity index (χ2n) is 13.3. The summed E-state index contributed by atoms with van der Waals surface area (Å²) in [7, 11) is 0. The fraction of sp³-hybridized carbons (Fsp3) is 0.268. The third kappa shape index (κ3) is 5.28. The highest BCUT2D eigenvalue weighted by Gasteiger charge is 2.75. The van der Waals surface area contributed by atoms with Crippen LogP contribution in [-0.2, 0) is 32.7 Å². The summed E-state index contributed by atoms with van der Waals surface area (Å²) < 4.78 is 0. The highest BCUT2D eigenvalue weighted by molar-refractivity contribution is 5.31. The minimum Gasteiger partial charge on any atom is -0.292 e. The summed E-state index contributed by atoms with van der Waals surface area (Å²) in [6, 6.07) is 55.5. The van der Waals surface area contributed by atoms with Crippen LogP contribution >= 0.6 is 0 Å². The Hall–Kier alpha value is -4.10. The van der Waals surface area contributed by atoms with Crippen molar-refractivity contribution in [1.82, 2.24) is 24.5 Å². The van der Waals surface area contributed by atoms with Gasteiger partial charge in [-0.2, -0.15) is 0 Å². The zero-order valence-electron chi connectivity index (χ0n) is 26.5. The molecule has 3 aliphatic heterocycles. The number of benzene rings is 5. The molecule has 5 aromatic rings. The third-order valence-electron chi connectivity index (χ3n) is 10.4. The van der Waals surface area contributed by atoms with Crippen molar-refractivity contribution < 1.29 is 0 Å². The minimum absolute atomic E-state index is 0.211. The summed E-state index contributed by atoms with van der Waals surface area (Å²) in [5.74, 6) is 0. The molecule has 3 aliphatic rings. The molecule has 46 heavy (non-hydrogen) atoms. The van der Waals surface area contributed by atoms with Crippen LogP contribution in [-0.4, -0.2) is 62.3 Å². The van der Waals surface area contributed by atoms with Gasteiger partial charge in [-0.05, 0) is 27.8 Å². The fourth-order valence-corrected chi connectivity index (χ4v) is 8.52. The second kappa shape index (κ2) is 12.6. The molecular formula is C41H43N5. The van der Waals surface area contributed by atoms with Crippen molar-refractivity contribution in [3.63, 3.8) is 0 Å². The number of hydrogen-bond donors (Lipinski definition) is 0. The van der Waals surface area contributed by atoms with E-state index in [1.165, 1.54) is 27.8 Å². The van der Waals surface area contributed by atoms with Gasteiger partial charge in [-0.15, -0.1) is 0 Å². The van der Waals surface area contributed by atoms with Gasteiger partial charge in [-0.25, -0.2) is 0 Å². The summed E-state index contributed by atoms with van der Waals surface area (Å²) in [5.41, 5.74) is 6.44. The van der Waals surface area contributed by atoms with Gasteiger partial charge in [0.2, 0.25) is 0 Å². The molecular weight excluding hydrogens is 562 g/mol. The average Bonchev–Trinajstić information content (AvgIpc) is 3.66. The van der Waals surface area contributed by atoms with Crippen molar-refractivity contribution in [3.8, 4) is 0 Å². The Bertz CT molecular complexity index is 1490. The Morgan fingerprint density at radius 1 is 0.326 bits per heavy atom. The van der Waals surface area contributed by atoms with E-state index in [1.54, 1.807) is 0 Å². The van der Waals surface area contributed by atoms with Gasteiger partial charge in [-0.3, -0.25) is 24.5 Å². The number of nitrogens with zero attached hydrogens (tertiary/aromatic N) is 5.